The molecule has 1 atom stereocenters. The molecule has 1 aromatic heterocycles. The third-order valence-electron chi connectivity index (χ3n) is 3.60. The molecule has 3 heteroatoms. The number of rotatable bonds is 7. The molecular weight excluding hydrogens is 254 g/mol. The zero-order chi connectivity index (χ0) is 13.7. The molecule has 19 heavy (non-hydrogen) atoms. The maximum Gasteiger partial charge on any atom is 0.0672 e. The number of nitrogens with one attached hydrogen (secondary N) is 1. The summed E-state index contributed by atoms with van der Waals surface area (Å²) < 4.78 is 5.83. The average molecular weight is 281 g/mol. The molecule has 1 aliphatic rings. The van der Waals surface area contributed by atoms with E-state index in [9.17, 15) is 0 Å². The predicted octanol–water partition coefficient (Wildman–Crippen LogP) is 4.09. The van der Waals surface area contributed by atoms with Crippen LogP contribution in [0.1, 0.15) is 61.4 Å². The van der Waals surface area contributed by atoms with Crippen LogP contribution in [0.5, 0.6) is 0 Å². The van der Waals surface area contributed by atoms with Gasteiger partial charge in [0.15, 0.2) is 0 Å². The molecule has 2 rings (SSSR count). The summed E-state index contributed by atoms with van der Waals surface area (Å²) in [6, 6.07) is 2.80. The average Bonchev–Trinajstić information content (AvgIpc) is 2.82. The van der Waals surface area contributed by atoms with Crippen LogP contribution in [0, 0.1) is 0 Å². The van der Waals surface area contributed by atoms with Gasteiger partial charge in [0.1, 0.15) is 0 Å². The molecule has 0 fully saturated rings. The van der Waals surface area contributed by atoms with Crippen LogP contribution in [0.3, 0.4) is 0 Å². The summed E-state index contributed by atoms with van der Waals surface area (Å²) in [6.45, 7) is 8.28. The summed E-state index contributed by atoms with van der Waals surface area (Å²) in [6.07, 6.45) is 6.76. The lowest BCUT2D eigenvalue weighted by Crippen LogP contribution is -2.26. The van der Waals surface area contributed by atoms with E-state index >= 15 is 0 Å². The van der Waals surface area contributed by atoms with Gasteiger partial charge >= 0.3 is 0 Å². The lowest BCUT2D eigenvalue weighted by molar-refractivity contribution is 0.0618. The van der Waals surface area contributed by atoms with E-state index in [1.807, 2.05) is 11.3 Å². The third kappa shape index (κ3) is 4.30. The highest BCUT2D eigenvalue weighted by atomic mass is 32.1. The van der Waals surface area contributed by atoms with Gasteiger partial charge in [0, 0.05) is 9.75 Å². The Morgan fingerprint density at radius 2 is 2.11 bits per heavy atom. The fraction of sp³-hybridized carbons (Fsp3) is 0.750. The second-order valence-electron chi connectivity index (χ2n) is 5.69. The van der Waals surface area contributed by atoms with Gasteiger partial charge in [-0.1, -0.05) is 6.92 Å². The van der Waals surface area contributed by atoms with E-state index < -0.39 is 0 Å². The fourth-order valence-corrected chi connectivity index (χ4v) is 3.85. The summed E-state index contributed by atoms with van der Waals surface area (Å²) in [4.78, 5) is 3.09. The molecule has 0 saturated heterocycles. The van der Waals surface area contributed by atoms with Crippen LogP contribution in [0.4, 0.5) is 0 Å². The summed E-state index contributed by atoms with van der Waals surface area (Å²) in [5, 5.41) is 3.64. The number of ether oxygens (including phenoxy) is 1. The zero-order valence-electron chi connectivity index (χ0n) is 12.5. The molecular formula is C16H27NOS. The molecule has 0 spiro atoms. The topological polar surface area (TPSA) is 21.3 Å². The van der Waals surface area contributed by atoms with E-state index in [-0.39, 0.29) is 0 Å². The molecule has 1 N–H and O–H groups in total. The Balaban J connectivity index is 2.05. The summed E-state index contributed by atoms with van der Waals surface area (Å²) >= 11 is 2.00. The van der Waals surface area contributed by atoms with Crippen LogP contribution in [0.25, 0.3) is 0 Å². The number of hydrogen-bond acceptors (Lipinski definition) is 3. The van der Waals surface area contributed by atoms with Crippen molar-refractivity contribution >= 4 is 11.3 Å². The second kappa shape index (κ2) is 7.41. The van der Waals surface area contributed by atoms with Gasteiger partial charge in [-0.15, -0.1) is 11.3 Å². The predicted molar refractivity (Wildman–Crippen MR) is 83.1 cm³/mol. The Kier molecular flexibility index (Phi) is 5.86. The van der Waals surface area contributed by atoms with Crippen LogP contribution in [0.2, 0.25) is 0 Å². The van der Waals surface area contributed by atoms with Crippen molar-refractivity contribution < 1.29 is 4.74 Å². The van der Waals surface area contributed by atoms with Gasteiger partial charge in [-0.05, 0) is 64.1 Å². The molecule has 1 unspecified atom stereocenters. The second-order valence-corrected chi connectivity index (χ2v) is 6.86. The Morgan fingerprint density at radius 1 is 1.32 bits per heavy atom. The summed E-state index contributed by atoms with van der Waals surface area (Å²) in [5.74, 6) is 0. The minimum absolute atomic E-state index is 0.306. The van der Waals surface area contributed by atoms with Crippen molar-refractivity contribution in [3.05, 3.63) is 21.4 Å². The first-order chi connectivity index (χ1) is 9.20. The van der Waals surface area contributed by atoms with Crippen molar-refractivity contribution in [3.8, 4) is 0 Å². The lowest BCUT2D eigenvalue weighted by atomic mass is 9.99. The van der Waals surface area contributed by atoms with Crippen molar-refractivity contribution in [1.82, 2.24) is 5.32 Å². The van der Waals surface area contributed by atoms with Gasteiger partial charge < -0.3 is 10.1 Å². The van der Waals surface area contributed by atoms with Crippen LogP contribution in [0.15, 0.2) is 6.07 Å². The van der Waals surface area contributed by atoms with Gasteiger partial charge in [0.2, 0.25) is 0 Å². The van der Waals surface area contributed by atoms with E-state index in [2.05, 4.69) is 32.2 Å². The van der Waals surface area contributed by atoms with Crippen molar-refractivity contribution in [3.63, 3.8) is 0 Å². The highest BCUT2D eigenvalue weighted by Crippen LogP contribution is 2.33. The number of hydrogen-bond donors (Lipinski definition) is 1. The van der Waals surface area contributed by atoms with Crippen molar-refractivity contribution in [2.24, 2.45) is 0 Å². The van der Waals surface area contributed by atoms with E-state index in [0.29, 0.717) is 12.1 Å². The minimum atomic E-state index is 0.306. The summed E-state index contributed by atoms with van der Waals surface area (Å²) in [7, 11) is 0. The van der Waals surface area contributed by atoms with Gasteiger partial charge in [0.25, 0.3) is 0 Å². The van der Waals surface area contributed by atoms with Crippen LogP contribution in [-0.2, 0) is 17.6 Å². The molecule has 2 nitrogen and oxygen atoms in total. The van der Waals surface area contributed by atoms with Gasteiger partial charge in [-0.3, -0.25) is 0 Å². The largest absolute Gasteiger partial charge is 0.377 e. The van der Waals surface area contributed by atoms with Gasteiger partial charge in [-0.2, -0.15) is 0 Å². The molecule has 0 aromatic carbocycles. The number of thiophene rings is 1. The number of aryl methyl sites for hydroxylation is 2. The summed E-state index contributed by atoms with van der Waals surface area (Å²) in [5.41, 5.74) is 1.60. The fourth-order valence-electron chi connectivity index (χ4n) is 2.53. The zero-order valence-corrected chi connectivity index (χ0v) is 13.3. The normalized spacial score (nSPS) is 16.6. The first kappa shape index (κ1) is 15.0. The third-order valence-corrected chi connectivity index (χ3v) is 4.95. The molecule has 1 heterocycles. The van der Waals surface area contributed by atoms with Crippen molar-refractivity contribution in [2.75, 3.05) is 13.2 Å². The van der Waals surface area contributed by atoms with Gasteiger partial charge in [-0.25, -0.2) is 0 Å². The quantitative estimate of drug-likeness (QED) is 0.812. The van der Waals surface area contributed by atoms with Crippen LogP contribution < -0.4 is 5.32 Å². The Morgan fingerprint density at radius 3 is 2.79 bits per heavy atom. The standard InChI is InChI=1S/C16H27NOS/c1-4-9-17-14(11-18-12(2)3)16-10-13-7-5-6-8-15(13)19-16/h10,12,14,17H,4-9,11H2,1-3H3. The maximum absolute atomic E-state index is 5.83. The molecule has 0 radical (unpaired) electrons. The van der Waals surface area contributed by atoms with E-state index in [1.165, 1.54) is 37.0 Å². The smallest absolute Gasteiger partial charge is 0.0672 e. The van der Waals surface area contributed by atoms with Crippen molar-refractivity contribution in [2.45, 2.75) is 65.0 Å². The lowest BCUT2D eigenvalue weighted by Gasteiger charge is -2.18. The molecule has 0 bridgehead atoms. The van der Waals surface area contributed by atoms with E-state index in [1.54, 1.807) is 10.4 Å². The Labute approximate surface area is 121 Å². The van der Waals surface area contributed by atoms with E-state index in [4.69, 9.17) is 4.74 Å². The minimum Gasteiger partial charge on any atom is -0.377 e. The Bertz CT molecular complexity index is 363. The Hall–Kier alpha value is -0.380. The molecule has 0 saturated carbocycles. The van der Waals surface area contributed by atoms with Crippen LogP contribution >= 0.6 is 11.3 Å². The molecule has 1 aromatic rings. The molecule has 1 aliphatic carbocycles. The molecule has 0 amide bonds. The molecule has 0 aliphatic heterocycles. The maximum atomic E-state index is 5.83. The first-order valence-corrected chi connectivity index (χ1v) is 8.48. The van der Waals surface area contributed by atoms with E-state index in [0.717, 1.165) is 13.2 Å². The monoisotopic (exact) mass is 281 g/mol. The highest BCUT2D eigenvalue weighted by Gasteiger charge is 2.19. The highest BCUT2D eigenvalue weighted by molar-refractivity contribution is 7.12. The number of fused-ring (bicyclic) bond motifs is 1. The first-order valence-electron chi connectivity index (χ1n) is 7.67. The van der Waals surface area contributed by atoms with Crippen LogP contribution in [-0.4, -0.2) is 19.3 Å². The van der Waals surface area contributed by atoms with Crippen molar-refractivity contribution in [1.29, 1.82) is 0 Å². The molecule has 108 valence electrons. The SMILES string of the molecule is CCCNC(COC(C)C)c1cc2c(s1)CCCC2. The van der Waals surface area contributed by atoms with Gasteiger partial charge in [0.05, 0.1) is 18.8 Å².